The number of hydrogen-bond acceptors (Lipinski definition) is 5. The third kappa shape index (κ3) is 5.55. The molecule has 0 aromatic heterocycles. The third-order valence-corrected chi connectivity index (χ3v) is 4.58. The zero-order valence-electron chi connectivity index (χ0n) is 13.7. The molecule has 1 saturated heterocycles. The van der Waals surface area contributed by atoms with E-state index in [4.69, 9.17) is 13.7 Å². The minimum Gasteiger partial charge on any atom is -0.543 e. The third-order valence-electron chi connectivity index (χ3n) is 4.01. The average Bonchev–Trinajstić information content (AvgIpc) is 2.82. The second kappa shape index (κ2) is 8.98. The van der Waals surface area contributed by atoms with Gasteiger partial charge in [0.25, 0.3) is 10.1 Å². The smallest absolute Gasteiger partial charge is 0.262 e. The fourth-order valence-corrected chi connectivity index (χ4v) is 3.29. The van der Waals surface area contributed by atoms with Crippen molar-refractivity contribution in [2.45, 2.75) is 51.1 Å². The molecule has 0 N–H and O–H groups in total. The first kappa shape index (κ1) is 21.1. The molecule has 1 fully saturated rings. The molecule has 0 bridgehead atoms. The molecule has 23 heavy (non-hydrogen) atoms. The predicted molar refractivity (Wildman–Crippen MR) is 83.4 cm³/mol. The molecule has 7 heteroatoms. The summed E-state index contributed by atoms with van der Waals surface area (Å²) >= 11 is 0. The van der Waals surface area contributed by atoms with Gasteiger partial charge in [-0.3, -0.25) is 4.18 Å². The van der Waals surface area contributed by atoms with Gasteiger partial charge in [0.05, 0.1) is 24.6 Å². The van der Waals surface area contributed by atoms with Gasteiger partial charge in [-0.15, -0.1) is 0 Å². The Hall–Kier alpha value is 0.102. The molecule has 0 radical (unpaired) electrons. The van der Waals surface area contributed by atoms with Crippen LogP contribution in [0.2, 0.25) is 0 Å². The van der Waals surface area contributed by atoms with Gasteiger partial charge in [0.15, 0.2) is 0 Å². The molecule has 0 aliphatic carbocycles. The van der Waals surface area contributed by atoms with Crippen LogP contribution in [0.4, 0.5) is 0 Å². The Bertz CT molecular complexity index is 571. The zero-order chi connectivity index (χ0) is 16.2. The molecule has 5 nitrogen and oxygen atoms in total. The molecule has 1 heterocycles. The van der Waals surface area contributed by atoms with Gasteiger partial charge in [0.2, 0.25) is 0 Å². The van der Waals surface area contributed by atoms with Crippen LogP contribution < -0.4 is 0 Å². The summed E-state index contributed by atoms with van der Waals surface area (Å²) < 4.78 is 39.8. The van der Waals surface area contributed by atoms with Gasteiger partial charge in [-0.2, -0.15) is 15.0 Å². The van der Waals surface area contributed by atoms with Crippen molar-refractivity contribution in [3.8, 4) is 0 Å². The SMILES string of the molecule is CCC1(CC)O[CH-]C(OS(C)(=O)=O)[C@@H]1OCc1ccccc1.[U]. The van der Waals surface area contributed by atoms with E-state index in [-0.39, 0.29) is 31.1 Å². The molecular formula is C16H23O5SU-. The van der Waals surface area contributed by atoms with Crippen molar-refractivity contribution in [2.24, 2.45) is 0 Å². The fraction of sp³-hybridized carbons (Fsp3) is 0.562. The Morgan fingerprint density at radius 2 is 1.83 bits per heavy atom. The minimum absolute atomic E-state index is 0. The van der Waals surface area contributed by atoms with E-state index >= 15 is 0 Å². The summed E-state index contributed by atoms with van der Waals surface area (Å²) in [7, 11) is -3.58. The standard InChI is InChI=1S/C16H23O5S.U/c1-4-16(5-2)15(14(12-20-16)21-22(3,17)18)19-11-13-9-7-6-8-10-13;/h6-10,12,14-15H,4-5,11H2,1-3H3;/q-1;/t14?,15-;/m0./s1. The van der Waals surface area contributed by atoms with E-state index in [1.165, 1.54) is 6.61 Å². The zero-order valence-corrected chi connectivity index (χ0v) is 18.7. The Labute approximate surface area is 162 Å². The summed E-state index contributed by atoms with van der Waals surface area (Å²) in [6, 6.07) is 9.74. The average molecular weight is 565 g/mol. The Morgan fingerprint density at radius 3 is 2.35 bits per heavy atom. The second-order valence-electron chi connectivity index (χ2n) is 5.51. The molecule has 1 aromatic rings. The Balaban J connectivity index is 0.00000264. The summed E-state index contributed by atoms with van der Waals surface area (Å²) in [5, 5.41) is 0. The van der Waals surface area contributed by atoms with Gasteiger partial charge < -0.3 is 9.47 Å². The summed E-state index contributed by atoms with van der Waals surface area (Å²) in [6.45, 7) is 5.83. The topological polar surface area (TPSA) is 61.8 Å². The van der Waals surface area contributed by atoms with Crippen molar-refractivity contribution >= 4 is 10.1 Å². The molecule has 1 unspecified atom stereocenters. The number of hydrogen-bond donors (Lipinski definition) is 0. The van der Waals surface area contributed by atoms with E-state index in [1.807, 2.05) is 44.2 Å². The first-order valence-electron chi connectivity index (χ1n) is 7.45. The molecule has 2 rings (SSSR count). The first-order valence-corrected chi connectivity index (χ1v) is 9.27. The predicted octanol–water partition coefficient (Wildman–Crippen LogP) is 2.67. The largest absolute Gasteiger partial charge is 0.543 e. The molecule has 0 saturated carbocycles. The summed E-state index contributed by atoms with van der Waals surface area (Å²) in [4.78, 5) is 0. The monoisotopic (exact) mass is 565 g/mol. The van der Waals surface area contributed by atoms with Crippen LogP contribution in [-0.2, 0) is 30.4 Å². The van der Waals surface area contributed by atoms with Crippen molar-refractivity contribution in [2.75, 3.05) is 6.26 Å². The van der Waals surface area contributed by atoms with Crippen molar-refractivity contribution in [3.05, 3.63) is 42.5 Å². The van der Waals surface area contributed by atoms with Crippen molar-refractivity contribution in [3.63, 3.8) is 0 Å². The van der Waals surface area contributed by atoms with Crippen molar-refractivity contribution < 1.29 is 53.2 Å². The van der Waals surface area contributed by atoms with Crippen LogP contribution >= 0.6 is 0 Å². The molecule has 128 valence electrons. The van der Waals surface area contributed by atoms with Crippen molar-refractivity contribution in [1.29, 1.82) is 0 Å². The molecule has 0 amide bonds. The van der Waals surface area contributed by atoms with Crippen LogP contribution in [0.15, 0.2) is 30.3 Å². The maximum atomic E-state index is 11.4. The first-order chi connectivity index (χ1) is 10.4. The minimum atomic E-state index is -3.58. The maximum Gasteiger partial charge on any atom is 0.262 e. The molecule has 0 spiro atoms. The molecule has 1 aromatic carbocycles. The molecule has 1 aliphatic heterocycles. The van der Waals surface area contributed by atoms with E-state index in [0.29, 0.717) is 19.4 Å². The Morgan fingerprint density at radius 1 is 1.22 bits per heavy atom. The summed E-state index contributed by atoms with van der Waals surface area (Å²) in [5.74, 6) is 0. The summed E-state index contributed by atoms with van der Waals surface area (Å²) in [5.41, 5.74) is 0.470. The van der Waals surface area contributed by atoms with E-state index in [9.17, 15) is 8.42 Å². The van der Waals surface area contributed by atoms with Crippen LogP contribution in [-0.4, -0.2) is 32.5 Å². The number of ether oxygens (including phenoxy) is 2. The van der Waals surface area contributed by atoms with Crippen LogP contribution in [0.3, 0.4) is 0 Å². The van der Waals surface area contributed by atoms with Gasteiger partial charge in [-0.1, -0.05) is 44.2 Å². The van der Waals surface area contributed by atoms with Gasteiger partial charge in [0.1, 0.15) is 0 Å². The molecular weight excluding hydrogens is 542 g/mol. The summed E-state index contributed by atoms with van der Waals surface area (Å²) in [6.07, 6.45) is 1.27. The van der Waals surface area contributed by atoms with E-state index in [2.05, 4.69) is 0 Å². The van der Waals surface area contributed by atoms with E-state index in [1.54, 1.807) is 0 Å². The number of rotatable bonds is 7. The van der Waals surface area contributed by atoms with Gasteiger partial charge in [-0.25, -0.2) is 0 Å². The van der Waals surface area contributed by atoms with Crippen LogP contribution in [0, 0.1) is 37.7 Å². The van der Waals surface area contributed by atoms with Gasteiger partial charge in [-0.05, 0) is 18.4 Å². The van der Waals surface area contributed by atoms with E-state index < -0.39 is 27.9 Å². The van der Waals surface area contributed by atoms with Gasteiger partial charge >= 0.3 is 0 Å². The molecule has 1 aliphatic rings. The van der Waals surface area contributed by atoms with Gasteiger partial charge in [0, 0.05) is 37.2 Å². The van der Waals surface area contributed by atoms with E-state index in [0.717, 1.165) is 11.8 Å². The Kier molecular flexibility index (Phi) is 8.26. The molecule has 2 atom stereocenters. The second-order valence-corrected chi connectivity index (χ2v) is 7.11. The maximum absolute atomic E-state index is 11.4. The van der Waals surface area contributed by atoms with Crippen LogP contribution in [0.5, 0.6) is 0 Å². The fourth-order valence-electron chi connectivity index (χ4n) is 2.74. The van der Waals surface area contributed by atoms with Crippen LogP contribution in [0.1, 0.15) is 32.3 Å². The number of benzene rings is 1. The van der Waals surface area contributed by atoms with Crippen LogP contribution in [0.25, 0.3) is 0 Å². The normalized spacial score (nSPS) is 23.4. The quantitative estimate of drug-likeness (QED) is 0.376. The van der Waals surface area contributed by atoms with Crippen molar-refractivity contribution in [1.82, 2.24) is 0 Å².